The fourth-order valence-corrected chi connectivity index (χ4v) is 2.07. The molecule has 18 heavy (non-hydrogen) atoms. The number of nitrogens with zero attached hydrogens (tertiary/aromatic N) is 1. The van der Waals surface area contributed by atoms with Crippen LogP contribution in [0.1, 0.15) is 24.4 Å². The Kier molecular flexibility index (Phi) is 4.78. The quantitative estimate of drug-likeness (QED) is 0.836. The molecule has 0 saturated heterocycles. The van der Waals surface area contributed by atoms with E-state index in [9.17, 15) is 0 Å². The van der Waals surface area contributed by atoms with E-state index in [1.807, 2.05) is 17.5 Å². The minimum atomic E-state index is 0.338. The zero-order valence-electron chi connectivity index (χ0n) is 10.7. The number of oxazole rings is 1. The zero-order chi connectivity index (χ0) is 12.8. The first kappa shape index (κ1) is 13.1. The van der Waals surface area contributed by atoms with E-state index in [1.54, 1.807) is 17.6 Å². The predicted octanol–water partition coefficient (Wildman–Crippen LogP) is 3.06. The number of rotatable bonds is 7. The molecule has 1 N–H and O–H groups in total. The third kappa shape index (κ3) is 4.16. The fourth-order valence-electron chi connectivity index (χ4n) is 1.45. The molecular formula is C13H18N2O2S. The van der Waals surface area contributed by atoms with Crippen LogP contribution in [0.25, 0.3) is 0 Å². The van der Waals surface area contributed by atoms with E-state index in [2.05, 4.69) is 24.1 Å². The van der Waals surface area contributed by atoms with Gasteiger partial charge in [-0.1, -0.05) is 19.9 Å². The second-order valence-electron chi connectivity index (χ2n) is 4.50. The molecule has 0 radical (unpaired) electrons. The van der Waals surface area contributed by atoms with Gasteiger partial charge in [-0.15, -0.1) is 11.3 Å². The van der Waals surface area contributed by atoms with Gasteiger partial charge in [-0.25, -0.2) is 0 Å². The van der Waals surface area contributed by atoms with Crippen LogP contribution < -0.4 is 10.1 Å². The monoisotopic (exact) mass is 266 g/mol. The maximum atomic E-state index is 5.46. The van der Waals surface area contributed by atoms with Crippen LogP contribution in [0, 0.1) is 5.92 Å². The highest BCUT2D eigenvalue weighted by atomic mass is 32.1. The molecule has 0 aliphatic heterocycles. The molecule has 2 aromatic rings. The topological polar surface area (TPSA) is 47.3 Å². The van der Waals surface area contributed by atoms with Gasteiger partial charge in [-0.2, -0.15) is 4.98 Å². The van der Waals surface area contributed by atoms with Gasteiger partial charge in [0.1, 0.15) is 12.9 Å². The Hall–Kier alpha value is -1.33. The first-order valence-electron chi connectivity index (χ1n) is 6.04. The lowest BCUT2D eigenvalue weighted by molar-refractivity contribution is 0.222. The summed E-state index contributed by atoms with van der Waals surface area (Å²) in [5, 5.41) is 5.33. The molecule has 0 fully saturated rings. The van der Waals surface area contributed by atoms with Gasteiger partial charge in [0.25, 0.3) is 0 Å². The van der Waals surface area contributed by atoms with Crippen molar-refractivity contribution in [3.05, 3.63) is 34.3 Å². The molecule has 2 aromatic heterocycles. The largest absolute Gasteiger partial charge is 0.444 e. The standard InChI is InChI=1S/C13H18N2O2S/c1-10(2)6-14-7-11-8-16-13(15-11)17-9-12-4-3-5-18-12/h3-5,8,10,14H,6-7,9H2,1-2H3. The number of ether oxygens (including phenoxy) is 1. The van der Waals surface area contributed by atoms with Crippen molar-refractivity contribution in [1.29, 1.82) is 0 Å². The van der Waals surface area contributed by atoms with E-state index >= 15 is 0 Å². The number of hydrogen-bond donors (Lipinski definition) is 1. The summed E-state index contributed by atoms with van der Waals surface area (Å²) in [5.41, 5.74) is 0.872. The minimum Gasteiger partial charge on any atom is -0.444 e. The first-order chi connectivity index (χ1) is 8.74. The van der Waals surface area contributed by atoms with Crippen molar-refractivity contribution in [2.45, 2.75) is 27.0 Å². The van der Waals surface area contributed by atoms with E-state index < -0.39 is 0 Å². The Labute approximate surface area is 111 Å². The van der Waals surface area contributed by atoms with E-state index in [0.717, 1.165) is 17.1 Å². The Morgan fingerprint density at radius 1 is 1.50 bits per heavy atom. The van der Waals surface area contributed by atoms with Crippen molar-refractivity contribution in [3.8, 4) is 6.08 Å². The SMILES string of the molecule is CC(C)CNCc1coc(OCc2cccs2)n1. The van der Waals surface area contributed by atoms with Crippen molar-refractivity contribution in [1.82, 2.24) is 10.3 Å². The molecule has 0 aromatic carbocycles. The molecule has 0 aliphatic carbocycles. The third-order valence-electron chi connectivity index (χ3n) is 2.31. The summed E-state index contributed by atoms with van der Waals surface area (Å²) in [5.74, 6) is 0.631. The van der Waals surface area contributed by atoms with Crippen LogP contribution in [0.15, 0.2) is 28.2 Å². The maximum absolute atomic E-state index is 5.46. The van der Waals surface area contributed by atoms with Crippen LogP contribution in [0.2, 0.25) is 0 Å². The molecule has 0 spiro atoms. The first-order valence-corrected chi connectivity index (χ1v) is 6.92. The van der Waals surface area contributed by atoms with E-state index in [4.69, 9.17) is 9.15 Å². The van der Waals surface area contributed by atoms with Gasteiger partial charge in [0, 0.05) is 11.4 Å². The molecule has 5 heteroatoms. The highest BCUT2D eigenvalue weighted by Crippen LogP contribution is 2.15. The van der Waals surface area contributed by atoms with Crippen LogP contribution in [0.4, 0.5) is 0 Å². The summed E-state index contributed by atoms with van der Waals surface area (Å²) in [6, 6.07) is 4.03. The molecule has 0 aliphatic rings. The Morgan fingerprint density at radius 3 is 3.11 bits per heavy atom. The lowest BCUT2D eigenvalue weighted by Gasteiger charge is -2.04. The minimum absolute atomic E-state index is 0.338. The van der Waals surface area contributed by atoms with Gasteiger partial charge in [0.05, 0.1) is 5.69 Å². The number of hydrogen-bond acceptors (Lipinski definition) is 5. The summed E-state index contributed by atoms with van der Waals surface area (Å²) in [4.78, 5) is 5.42. The van der Waals surface area contributed by atoms with Gasteiger partial charge in [0.2, 0.25) is 0 Å². The average molecular weight is 266 g/mol. The lowest BCUT2D eigenvalue weighted by atomic mass is 10.2. The van der Waals surface area contributed by atoms with Crippen LogP contribution in [-0.4, -0.2) is 11.5 Å². The van der Waals surface area contributed by atoms with Gasteiger partial charge >= 0.3 is 6.08 Å². The second-order valence-corrected chi connectivity index (χ2v) is 5.53. The van der Waals surface area contributed by atoms with Crippen molar-refractivity contribution >= 4 is 11.3 Å². The molecule has 0 amide bonds. The lowest BCUT2D eigenvalue weighted by Crippen LogP contribution is -2.19. The van der Waals surface area contributed by atoms with E-state index in [-0.39, 0.29) is 0 Å². The van der Waals surface area contributed by atoms with E-state index in [1.165, 1.54) is 0 Å². The molecule has 0 unspecified atom stereocenters. The Morgan fingerprint density at radius 2 is 2.39 bits per heavy atom. The molecule has 0 saturated carbocycles. The molecule has 4 nitrogen and oxygen atoms in total. The second kappa shape index (κ2) is 6.56. The van der Waals surface area contributed by atoms with E-state index in [0.29, 0.717) is 25.1 Å². The normalized spacial score (nSPS) is 11.1. The summed E-state index contributed by atoms with van der Waals surface area (Å²) < 4.78 is 10.7. The summed E-state index contributed by atoms with van der Waals surface area (Å²) in [6.45, 7) is 6.54. The molecule has 2 rings (SSSR count). The smallest absolute Gasteiger partial charge is 0.394 e. The third-order valence-corrected chi connectivity index (χ3v) is 3.16. The fraction of sp³-hybridized carbons (Fsp3) is 0.462. The van der Waals surface area contributed by atoms with Crippen molar-refractivity contribution in [3.63, 3.8) is 0 Å². The van der Waals surface area contributed by atoms with Crippen LogP contribution >= 0.6 is 11.3 Å². The molecule has 2 heterocycles. The van der Waals surface area contributed by atoms with Crippen molar-refractivity contribution in [2.24, 2.45) is 5.92 Å². The molecule has 0 bridgehead atoms. The molecule has 0 atom stereocenters. The summed E-state index contributed by atoms with van der Waals surface area (Å²) >= 11 is 1.66. The Bertz CT molecular complexity index is 451. The van der Waals surface area contributed by atoms with Gasteiger partial charge in [0.15, 0.2) is 0 Å². The van der Waals surface area contributed by atoms with Crippen LogP contribution in [-0.2, 0) is 13.2 Å². The number of nitrogens with one attached hydrogen (secondary N) is 1. The number of thiophene rings is 1. The van der Waals surface area contributed by atoms with Gasteiger partial charge in [-0.05, 0) is 23.9 Å². The van der Waals surface area contributed by atoms with Crippen molar-refractivity contribution in [2.75, 3.05) is 6.54 Å². The molecular weight excluding hydrogens is 248 g/mol. The molecule has 98 valence electrons. The van der Waals surface area contributed by atoms with Crippen LogP contribution in [0.5, 0.6) is 6.08 Å². The number of aromatic nitrogens is 1. The van der Waals surface area contributed by atoms with Crippen LogP contribution in [0.3, 0.4) is 0 Å². The van der Waals surface area contributed by atoms with Crippen molar-refractivity contribution < 1.29 is 9.15 Å². The van der Waals surface area contributed by atoms with Gasteiger partial charge < -0.3 is 14.5 Å². The highest BCUT2D eigenvalue weighted by Gasteiger charge is 2.05. The zero-order valence-corrected chi connectivity index (χ0v) is 11.5. The highest BCUT2D eigenvalue weighted by molar-refractivity contribution is 7.09. The Balaban J connectivity index is 1.75. The average Bonchev–Trinajstić information content (AvgIpc) is 2.96. The summed E-state index contributed by atoms with van der Waals surface area (Å²) in [6.07, 6.45) is 1.97. The predicted molar refractivity (Wildman–Crippen MR) is 71.7 cm³/mol. The van der Waals surface area contributed by atoms with Gasteiger partial charge in [-0.3, -0.25) is 0 Å². The summed E-state index contributed by atoms with van der Waals surface area (Å²) in [7, 11) is 0. The maximum Gasteiger partial charge on any atom is 0.394 e.